The average Bonchev–Trinajstić information content (AvgIpc) is 2.83. The number of rotatable bonds is 2. The summed E-state index contributed by atoms with van der Waals surface area (Å²) in [5, 5.41) is 0. The Balaban J connectivity index is 1.95. The highest BCUT2D eigenvalue weighted by Gasteiger charge is 2.43. The number of aromatic nitrogens is 2. The Labute approximate surface area is 96.5 Å². The molecule has 0 atom stereocenters. The van der Waals surface area contributed by atoms with E-state index in [4.69, 9.17) is 10.7 Å². The number of hydrogen-bond donors (Lipinski definition) is 1. The predicted octanol–water partition coefficient (Wildman–Crippen LogP) is 2.39. The molecule has 0 saturated heterocycles. The lowest BCUT2D eigenvalue weighted by Crippen LogP contribution is -2.23. The van der Waals surface area contributed by atoms with E-state index in [1.165, 1.54) is 31.4 Å². The first-order valence-electron chi connectivity index (χ1n) is 6.32. The van der Waals surface area contributed by atoms with Crippen LogP contribution in [0.5, 0.6) is 0 Å². The number of aryl methyl sites for hydroxylation is 1. The van der Waals surface area contributed by atoms with Crippen molar-refractivity contribution in [1.29, 1.82) is 0 Å². The maximum atomic E-state index is 6.18. The summed E-state index contributed by atoms with van der Waals surface area (Å²) in [6.07, 6.45) is 7.34. The van der Waals surface area contributed by atoms with Crippen molar-refractivity contribution < 1.29 is 0 Å². The fraction of sp³-hybridized carbons (Fsp3) is 0.692. The van der Waals surface area contributed by atoms with Gasteiger partial charge in [-0.3, -0.25) is 0 Å². The van der Waals surface area contributed by atoms with E-state index in [1.54, 1.807) is 0 Å². The summed E-state index contributed by atoms with van der Waals surface area (Å²) >= 11 is 0. The number of nitrogens with two attached hydrogens (primary N) is 1. The van der Waals surface area contributed by atoms with Gasteiger partial charge in [0.2, 0.25) is 0 Å². The van der Waals surface area contributed by atoms with Gasteiger partial charge in [-0.05, 0) is 38.7 Å². The minimum Gasteiger partial charge on any atom is -0.319 e. The molecular weight excluding hydrogens is 198 g/mol. The van der Waals surface area contributed by atoms with E-state index in [-0.39, 0.29) is 5.54 Å². The van der Waals surface area contributed by atoms with Crippen molar-refractivity contribution in [2.24, 2.45) is 5.73 Å². The molecule has 0 amide bonds. The first-order valence-corrected chi connectivity index (χ1v) is 6.32. The van der Waals surface area contributed by atoms with Crippen LogP contribution >= 0.6 is 0 Å². The van der Waals surface area contributed by atoms with Crippen molar-refractivity contribution in [3.63, 3.8) is 0 Å². The van der Waals surface area contributed by atoms with Crippen LogP contribution in [0.1, 0.15) is 61.7 Å². The monoisotopic (exact) mass is 217 g/mol. The van der Waals surface area contributed by atoms with E-state index in [2.05, 4.69) is 18.0 Å². The number of nitrogens with zero attached hydrogens (tertiary/aromatic N) is 2. The van der Waals surface area contributed by atoms with E-state index in [9.17, 15) is 0 Å². The average molecular weight is 217 g/mol. The molecular formula is C13H19N3. The third-order valence-electron chi connectivity index (χ3n) is 3.88. The molecule has 3 nitrogen and oxygen atoms in total. The van der Waals surface area contributed by atoms with Crippen molar-refractivity contribution in [3.8, 4) is 0 Å². The molecule has 0 bridgehead atoms. The second-order valence-electron chi connectivity index (χ2n) is 5.40. The molecule has 3 rings (SSSR count). The van der Waals surface area contributed by atoms with Crippen molar-refractivity contribution in [2.45, 2.75) is 56.9 Å². The fourth-order valence-electron chi connectivity index (χ4n) is 2.60. The summed E-state index contributed by atoms with van der Waals surface area (Å²) in [6.45, 7) is 2.05. The lowest BCUT2D eigenvalue weighted by molar-refractivity contribution is 0.628. The molecule has 0 spiro atoms. The first-order chi connectivity index (χ1) is 7.67. The molecule has 0 radical (unpaired) electrons. The Morgan fingerprint density at radius 1 is 1.25 bits per heavy atom. The lowest BCUT2D eigenvalue weighted by atomic mass is 10.0. The fourth-order valence-corrected chi connectivity index (χ4v) is 2.60. The van der Waals surface area contributed by atoms with Crippen molar-refractivity contribution in [1.82, 2.24) is 9.97 Å². The molecule has 0 aromatic carbocycles. The van der Waals surface area contributed by atoms with Crippen LogP contribution in [-0.2, 0) is 5.54 Å². The maximum Gasteiger partial charge on any atom is 0.148 e. The van der Waals surface area contributed by atoms with E-state index in [1.807, 2.05) is 0 Å². The molecule has 2 saturated carbocycles. The van der Waals surface area contributed by atoms with Gasteiger partial charge in [0.25, 0.3) is 0 Å². The maximum absolute atomic E-state index is 6.18. The van der Waals surface area contributed by atoms with Crippen LogP contribution in [0.4, 0.5) is 0 Å². The number of hydrogen-bond acceptors (Lipinski definition) is 3. The van der Waals surface area contributed by atoms with Gasteiger partial charge in [0.15, 0.2) is 0 Å². The minimum absolute atomic E-state index is 0.195. The zero-order valence-corrected chi connectivity index (χ0v) is 9.87. The molecule has 2 fully saturated rings. The third-order valence-corrected chi connectivity index (χ3v) is 3.88. The molecule has 2 aliphatic carbocycles. The standard InChI is InChI=1S/C13H19N3/c1-9-8-11(10-4-2-3-5-10)16-12(15-9)13(14)6-7-13/h8,10H,2-7,14H2,1H3. The summed E-state index contributed by atoms with van der Waals surface area (Å²) in [4.78, 5) is 9.22. The highest BCUT2D eigenvalue weighted by Crippen LogP contribution is 2.42. The molecule has 3 heteroatoms. The quantitative estimate of drug-likeness (QED) is 0.827. The topological polar surface area (TPSA) is 51.8 Å². The van der Waals surface area contributed by atoms with Gasteiger partial charge in [0.05, 0.1) is 5.54 Å². The van der Waals surface area contributed by atoms with Gasteiger partial charge < -0.3 is 5.73 Å². The molecule has 1 aromatic heterocycles. The van der Waals surface area contributed by atoms with Gasteiger partial charge in [0.1, 0.15) is 5.82 Å². The third kappa shape index (κ3) is 1.73. The molecule has 0 aliphatic heterocycles. The first kappa shape index (κ1) is 10.2. The van der Waals surface area contributed by atoms with E-state index < -0.39 is 0 Å². The summed E-state index contributed by atoms with van der Waals surface area (Å²) in [5.74, 6) is 1.54. The Kier molecular flexibility index (Phi) is 2.25. The summed E-state index contributed by atoms with van der Waals surface area (Å²) < 4.78 is 0. The second kappa shape index (κ2) is 3.52. The van der Waals surface area contributed by atoms with Crippen molar-refractivity contribution in [3.05, 3.63) is 23.3 Å². The van der Waals surface area contributed by atoms with Gasteiger partial charge >= 0.3 is 0 Å². The molecule has 2 aliphatic rings. The SMILES string of the molecule is Cc1cc(C2CCCC2)nc(C2(N)CC2)n1. The minimum atomic E-state index is -0.195. The van der Waals surface area contributed by atoms with Crippen molar-refractivity contribution in [2.75, 3.05) is 0 Å². The normalized spacial score (nSPS) is 23.6. The zero-order chi connectivity index (χ0) is 11.2. The molecule has 1 heterocycles. The van der Waals surface area contributed by atoms with Crippen LogP contribution in [0.25, 0.3) is 0 Å². The molecule has 86 valence electrons. The summed E-state index contributed by atoms with van der Waals surface area (Å²) in [6, 6.07) is 2.14. The molecule has 1 aromatic rings. The smallest absolute Gasteiger partial charge is 0.148 e. The van der Waals surface area contributed by atoms with Crippen LogP contribution in [0.3, 0.4) is 0 Å². The Bertz CT molecular complexity index is 404. The van der Waals surface area contributed by atoms with Gasteiger partial charge in [-0.2, -0.15) is 0 Å². The van der Waals surface area contributed by atoms with Gasteiger partial charge in [0, 0.05) is 17.3 Å². The van der Waals surface area contributed by atoms with Crippen LogP contribution in [-0.4, -0.2) is 9.97 Å². The van der Waals surface area contributed by atoms with Gasteiger partial charge in [-0.25, -0.2) is 9.97 Å². The van der Waals surface area contributed by atoms with Crippen LogP contribution in [0.2, 0.25) is 0 Å². The van der Waals surface area contributed by atoms with Gasteiger partial charge in [-0.15, -0.1) is 0 Å². The molecule has 2 N–H and O–H groups in total. The zero-order valence-electron chi connectivity index (χ0n) is 9.87. The lowest BCUT2D eigenvalue weighted by Gasteiger charge is -2.14. The van der Waals surface area contributed by atoms with Crippen LogP contribution < -0.4 is 5.73 Å². The Hall–Kier alpha value is -0.960. The molecule has 16 heavy (non-hydrogen) atoms. The van der Waals surface area contributed by atoms with E-state index in [0.717, 1.165) is 24.4 Å². The summed E-state index contributed by atoms with van der Waals surface area (Å²) in [7, 11) is 0. The largest absolute Gasteiger partial charge is 0.319 e. The molecule has 0 unspecified atom stereocenters. The Morgan fingerprint density at radius 2 is 1.94 bits per heavy atom. The van der Waals surface area contributed by atoms with E-state index in [0.29, 0.717) is 5.92 Å². The highest BCUT2D eigenvalue weighted by molar-refractivity contribution is 5.22. The van der Waals surface area contributed by atoms with Crippen LogP contribution in [0, 0.1) is 6.92 Å². The predicted molar refractivity (Wildman–Crippen MR) is 63.1 cm³/mol. The second-order valence-corrected chi connectivity index (χ2v) is 5.40. The van der Waals surface area contributed by atoms with Gasteiger partial charge in [-0.1, -0.05) is 12.8 Å². The van der Waals surface area contributed by atoms with E-state index >= 15 is 0 Å². The van der Waals surface area contributed by atoms with Crippen LogP contribution in [0.15, 0.2) is 6.07 Å². The highest BCUT2D eigenvalue weighted by atomic mass is 15.0. The van der Waals surface area contributed by atoms with Crippen molar-refractivity contribution >= 4 is 0 Å². The Morgan fingerprint density at radius 3 is 2.56 bits per heavy atom. The summed E-state index contributed by atoms with van der Waals surface area (Å²) in [5.41, 5.74) is 8.29.